The summed E-state index contributed by atoms with van der Waals surface area (Å²) in [4.78, 5) is 25.2. The summed E-state index contributed by atoms with van der Waals surface area (Å²) in [6.07, 6.45) is -5.72. The van der Waals surface area contributed by atoms with Crippen LogP contribution in [-0.2, 0) is 6.18 Å². The van der Waals surface area contributed by atoms with E-state index in [2.05, 4.69) is 5.32 Å². The Labute approximate surface area is 160 Å². The highest BCUT2D eigenvalue weighted by molar-refractivity contribution is 6.05. The number of nitrogens with one attached hydrogen (secondary N) is 1. The van der Waals surface area contributed by atoms with Gasteiger partial charge in [-0.05, 0) is 63.6 Å². The van der Waals surface area contributed by atoms with Crippen LogP contribution in [0.5, 0.6) is 0 Å². The van der Waals surface area contributed by atoms with Crippen molar-refractivity contribution in [2.24, 2.45) is 0 Å². The Bertz CT molecular complexity index is 902. The van der Waals surface area contributed by atoms with Crippen LogP contribution in [0.3, 0.4) is 0 Å². The van der Waals surface area contributed by atoms with E-state index in [0.717, 1.165) is 23.1 Å². The van der Waals surface area contributed by atoms with Gasteiger partial charge >= 0.3 is 12.3 Å². The Morgan fingerprint density at radius 2 is 1.68 bits per heavy atom. The predicted molar refractivity (Wildman–Crippen MR) is 101 cm³/mol. The fourth-order valence-electron chi connectivity index (χ4n) is 2.70. The van der Waals surface area contributed by atoms with Crippen LogP contribution in [0.1, 0.15) is 42.3 Å². The fourth-order valence-corrected chi connectivity index (χ4v) is 2.70. The molecular formula is C20H21F3N2O3. The zero-order valence-electron chi connectivity index (χ0n) is 15.9. The third-order valence-corrected chi connectivity index (χ3v) is 4.04. The van der Waals surface area contributed by atoms with Gasteiger partial charge in [0.25, 0.3) is 5.91 Å². The average Bonchev–Trinajstić information content (AvgIpc) is 2.55. The number of hydrogen-bond donors (Lipinski definition) is 2. The van der Waals surface area contributed by atoms with Gasteiger partial charge in [0.05, 0.1) is 5.56 Å². The van der Waals surface area contributed by atoms with Crippen LogP contribution < -0.4 is 10.2 Å². The molecule has 8 heteroatoms. The van der Waals surface area contributed by atoms with Crippen molar-refractivity contribution in [3.63, 3.8) is 0 Å². The monoisotopic (exact) mass is 394 g/mol. The van der Waals surface area contributed by atoms with Crippen LogP contribution in [0.15, 0.2) is 42.5 Å². The van der Waals surface area contributed by atoms with Gasteiger partial charge in [-0.2, -0.15) is 13.2 Å². The lowest BCUT2D eigenvalue weighted by atomic mass is 10.0. The molecule has 0 bridgehead atoms. The molecular weight excluding hydrogens is 373 g/mol. The Hall–Kier alpha value is -3.03. The number of amides is 2. The first kappa shape index (κ1) is 21.3. The van der Waals surface area contributed by atoms with Crippen molar-refractivity contribution >= 4 is 23.4 Å². The molecule has 0 aliphatic rings. The highest BCUT2D eigenvalue weighted by Crippen LogP contribution is 2.31. The second kappa shape index (κ2) is 7.53. The molecule has 0 saturated heterocycles. The SMILES string of the molecule is Cc1ccc(N(C(=O)O)C(C)(C)C)cc1NC(=O)c1cccc(C(F)(F)F)c1. The molecule has 0 aliphatic heterocycles. The first-order valence-electron chi connectivity index (χ1n) is 8.43. The van der Waals surface area contributed by atoms with Crippen LogP contribution in [0, 0.1) is 6.92 Å². The van der Waals surface area contributed by atoms with E-state index in [4.69, 9.17) is 0 Å². The van der Waals surface area contributed by atoms with Gasteiger partial charge in [-0.1, -0.05) is 12.1 Å². The second-order valence-corrected chi connectivity index (χ2v) is 7.32. The van der Waals surface area contributed by atoms with E-state index >= 15 is 0 Å². The number of carbonyl (C=O) groups excluding carboxylic acids is 1. The summed E-state index contributed by atoms with van der Waals surface area (Å²) >= 11 is 0. The summed E-state index contributed by atoms with van der Waals surface area (Å²) in [5.74, 6) is -0.719. The maximum absolute atomic E-state index is 12.9. The summed E-state index contributed by atoms with van der Waals surface area (Å²) in [7, 11) is 0. The average molecular weight is 394 g/mol. The van der Waals surface area contributed by atoms with E-state index in [-0.39, 0.29) is 5.56 Å². The van der Waals surface area contributed by atoms with Crippen LogP contribution in [0.2, 0.25) is 0 Å². The molecule has 0 heterocycles. The Morgan fingerprint density at radius 1 is 1.04 bits per heavy atom. The van der Waals surface area contributed by atoms with Gasteiger partial charge in [-0.3, -0.25) is 9.69 Å². The minimum atomic E-state index is -4.55. The molecule has 0 spiro atoms. The smallest absolute Gasteiger partial charge is 0.416 e. The molecule has 0 atom stereocenters. The minimum absolute atomic E-state index is 0.148. The molecule has 0 aromatic heterocycles. The summed E-state index contributed by atoms with van der Waals surface area (Å²) in [5.41, 5.74) is -0.506. The van der Waals surface area contributed by atoms with Gasteiger partial charge < -0.3 is 10.4 Å². The summed E-state index contributed by atoms with van der Waals surface area (Å²) in [5, 5.41) is 12.1. The molecule has 0 aliphatic carbocycles. The Kier molecular flexibility index (Phi) is 5.72. The van der Waals surface area contributed by atoms with Crippen LogP contribution in [-0.4, -0.2) is 22.6 Å². The van der Waals surface area contributed by atoms with Crippen molar-refractivity contribution in [2.75, 3.05) is 10.2 Å². The topological polar surface area (TPSA) is 69.6 Å². The Morgan fingerprint density at radius 3 is 2.21 bits per heavy atom. The molecule has 0 fully saturated rings. The number of rotatable bonds is 3. The maximum atomic E-state index is 12.9. The lowest BCUT2D eigenvalue weighted by Gasteiger charge is -2.33. The maximum Gasteiger partial charge on any atom is 0.416 e. The molecule has 150 valence electrons. The van der Waals surface area contributed by atoms with Gasteiger partial charge in [-0.15, -0.1) is 0 Å². The van der Waals surface area contributed by atoms with Crippen molar-refractivity contribution in [3.8, 4) is 0 Å². The molecule has 0 radical (unpaired) electrons. The van der Waals surface area contributed by atoms with E-state index in [9.17, 15) is 27.9 Å². The zero-order chi connectivity index (χ0) is 21.3. The summed E-state index contributed by atoms with van der Waals surface area (Å²) < 4.78 is 38.6. The van der Waals surface area contributed by atoms with Crippen LogP contribution in [0.25, 0.3) is 0 Å². The first-order valence-corrected chi connectivity index (χ1v) is 8.43. The quantitative estimate of drug-likeness (QED) is 0.717. The second-order valence-electron chi connectivity index (χ2n) is 7.32. The number of nitrogens with zero attached hydrogens (tertiary/aromatic N) is 1. The molecule has 2 aromatic rings. The van der Waals surface area contributed by atoms with Crippen molar-refractivity contribution in [2.45, 2.75) is 39.4 Å². The van der Waals surface area contributed by atoms with E-state index in [1.165, 1.54) is 12.1 Å². The zero-order valence-corrected chi connectivity index (χ0v) is 15.9. The number of benzene rings is 2. The van der Waals surface area contributed by atoms with Crippen molar-refractivity contribution in [3.05, 3.63) is 59.2 Å². The van der Waals surface area contributed by atoms with Gasteiger partial charge in [0.15, 0.2) is 0 Å². The third-order valence-electron chi connectivity index (χ3n) is 4.04. The van der Waals surface area contributed by atoms with Crippen molar-refractivity contribution < 1.29 is 27.9 Å². The van der Waals surface area contributed by atoms with E-state index < -0.39 is 29.3 Å². The molecule has 2 aromatic carbocycles. The molecule has 2 amide bonds. The number of halogens is 3. The largest absolute Gasteiger partial charge is 0.465 e. The van der Waals surface area contributed by atoms with Gasteiger partial charge in [0.1, 0.15) is 0 Å². The minimum Gasteiger partial charge on any atom is -0.465 e. The van der Waals surface area contributed by atoms with Gasteiger partial charge in [0, 0.05) is 22.5 Å². The lowest BCUT2D eigenvalue weighted by Crippen LogP contribution is -2.45. The van der Waals surface area contributed by atoms with Crippen molar-refractivity contribution in [1.82, 2.24) is 0 Å². The summed E-state index contributed by atoms with van der Waals surface area (Å²) in [6, 6.07) is 8.83. The van der Waals surface area contributed by atoms with E-state index in [1.807, 2.05) is 0 Å². The first-order chi connectivity index (χ1) is 12.8. The Balaban J connectivity index is 2.37. The van der Waals surface area contributed by atoms with E-state index in [1.54, 1.807) is 39.8 Å². The number of alkyl halides is 3. The van der Waals surface area contributed by atoms with Gasteiger partial charge in [-0.25, -0.2) is 4.79 Å². The standard InChI is InChI=1S/C20H21F3N2O3/c1-12-8-9-15(25(18(27)28)19(2,3)4)11-16(12)24-17(26)13-6-5-7-14(10-13)20(21,22)23/h5-11H,1-4H3,(H,24,26)(H,27,28). The molecule has 5 nitrogen and oxygen atoms in total. The molecule has 2 rings (SSSR count). The molecule has 28 heavy (non-hydrogen) atoms. The lowest BCUT2D eigenvalue weighted by molar-refractivity contribution is -0.137. The molecule has 0 saturated carbocycles. The van der Waals surface area contributed by atoms with Gasteiger partial charge in [0.2, 0.25) is 0 Å². The van der Waals surface area contributed by atoms with Crippen LogP contribution >= 0.6 is 0 Å². The molecule has 0 unspecified atom stereocenters. The number of carbonyl (C=O) groups is 2. The highest BCUT2D eigenvalue weighted by atomic mass is 19.4. The number of aryl methyl sites for hydroxylation is 1. The molecule has 2 N–H and O–H groups in total. The normalized spacial score (nSPS) is 11.8. The third kappa shape index (κ3) is 4.82. The highest BCUT2D eigenvalue weighted by Gasteiger charge is 2.31. The van der Waals surface area contributed by atoms with Crippen molar-refractivity contribution in [1.29, 1.82) is 0 Å². The van der Waals surface area contributed by atoms with Crippen LogP contribution in [0.4, 0.5) is 29.3 Å². The summed E-state index contributed by atoms with van der Waals surface area (Å²) in [6.45, 7) is 6.87. The van der Waals surface area contributed by atoms with E-state index in [0.29, 0.717) is 16.9 Å². The predicted octanol–water partition coefficient (Wildman–Crippen LogP) is 5.55. The number of anilines is 2. The number of hydrogen-bond acceptors (Lipinski definition) is 2. The number of carboxylic acid groups (broad SMARTS) is 1. The fraction of sp³-hybridized carbons (Fsp3) is 0.300.